The van der Waals surface area contributed by atoms with Gasteiger partial charge < -0.3 is 45.4 Å². The zero-order chi connectivity index (χ0) is 39.7. The summed E-state index contributed by atoms with van der Waals surface area (Å²) in [5.74, 6) is -0.262. The van der Waals surface area contributed by atoms with Crippen molar-refractivity contribution in [2.75, 3.05) is 13.2 Å². The van der Waals surface area contributed by atoms with Crippen LogP contribution in [0.1, 0.15) is 213 Å². The molecular formula is C44H87NO9. The average molecular weight is 774 g/mol. The molecule has 0 bridgehead atoms. The molecule has 0 aliphatic carbocycles. The second kappa shape index (κ2) is 35.3. The average Bonchev–Trinajstić information content (AvgIpc) is 3.17. The molecule has 10 heteroatoms. The fourth-order valence-corrected chi connectivity index (χ4v) is 7.55. The van der Waals surface area contributed by atoms with Crippen molar-refractivity contribution in [1.29, 1.82) is 0 Å². The van der Waals surface area contributed by atoms with Crippen LogP contribution in [0, 0.1) is 0 Å². The summed E-state index contributed by atoms with van der Waals surface area (Å²) in [6.45, 7) is 3.43. The Labute approximate surface area is 330 Å². The third-order valence-corrected chi connectivity index (χ3v) is 11.3. The number of hydrogen-bond acceptors (Lipinski definition) is 9. The molecule has 1 heterocycles. The highest BCUT2D eigenvalue weighted by Crippen LogP contribution is 2.23. The number of unbranched alkanes of at least 4 members (excludes halogenated alkanes) is 27. The number of aliphatic hydroxyl groups is 6. The predicted octanol–water partition coefficient (Wildman–Crippen LogP) is 8.14. The number of hydrogen-bond donors (Lipinski definition) is 7. The maximum absolute atomic E-state index is 12.8. The Morgan fingerprint density at radius 3 is 1.37 bits per heavy atom. The van der Waals surface area contributed by atoms with Crippen LogP contribution in [-0.4, -0.2) is 98.7 Å². The number of nitrogens with one attached hydrogen (secondary N) is 1. The highest BCUT2D eigenvalue weighted by Gasteiger charge is 2.44. The standard InChI is InChI=1S/C44H87NO9/c1-3-5-7-8-9-10-11-12-13-14-15-16-17-18-19-20-21-22-23-24-25-26-27-28-29-31-33-39(48)45-36(40(49)37(47)32-30-6-4-2)35-53-44-43(52)42(51)41(50)38(34-46)54-44/h36-38,40-44,46-47,49-52H,3-35H2,1-2H3,(H,45,48)/t36-,37+,38+,40-,41-,42-,43+,44-/m0/s1. The maximum Gasteiger partial charge on any atom is 0.220 e. The quantitative estimate of drug-likeness (QED) is 0.0306. The van der Waals surface area contributed by atoms with Gasteiger partial charge in [-0.15, -0.1) is 0 Å². The number of ether oxygens (including phenoxy) is 2. The molecule has 0 unspecified atom stereocenters. The van der Waals surface area contributed by atoms with Gasteiger partial charge in [0.2, 0.25) is 5.91 Å². The molecule has 0 aromatic carbocycles. The lowest BCUT2D eigenvalue weighted by atomic mass is 9.99. The Bertz CT molecular complexity index is 834. The SMILES string of the molecule is CCCCCCCCCCCCCCCCCCCCCCCCCCCCC(=O)N[C@@H](CO[C@H]1O[C@H](CO)[C@H](O)[C@H](O)[C@H]1O)[C@H](O)[C@H](O)CCCCC. The number of carbonyl (C=O) groups is 1. The molecule has 0 radical (unpaired) electrons. The summed E-state index contributed by atoms with van der Waals surface area (Å²) in [5, 5.41) is 64.2. The molecule has 0 spiro atoms. The monoisotopic (exact) mass is 774 g/mol. The predicted molar refractivity (Wildman–Crippen MR) is 218 cm³/mol. The van der Waals surface area contributed by atoms with E-state index in [9.17, 15) is 35.4 Å². The molecule has 54 heavy (non-hydrogen) atoms. The smallest absolute Gasteiger partial charge is 0.220 e. The van der Waals surface area contributed by atoms with E-state index in [0.717, 1.165) is 38.5 Å². The molecule has 10 nitrogen and oxygen atoms in total. The Hall–Kier alpha value is -0.850. The van der Waals surface area contributed by atoms with Crippen LogP contribution in [0.5, 0.6) is 0 Å². The van der Waals surface area contributed by atoms with Gasteiger partial charge in [-0.05, 0) is 12.8 Å². The van der Waals surface area contributed by atoms with E-state index in [2.05, 4.69) is 12.2 Å². The van der Waals surface area contributed by atoms with Gasteiger partial charge in [0.05, 0.1) is 25.4 Å². The van der Waals surface area contributed by atoms with Crippen molar-refractivity contribution in [1.82, 2.24) is 5.32 Å². The van der Waals surface area contributed by atoms with E-state index in [1.54, 1.807) is 0 Å². The van der Waals surface area contributed by atoms with Gasteiger partial charge >= 0.3 is 0 Å². The zero-order valence-corrected chi connectivity index (χ0v) is 34.9. The van der Waals surface area contributed by atoms with Crippen LogP contribution in [0.3, 0.4) is 0 Å². The summed E-state index contributed by atoms with van der Waals surface area (Å²) in [5.41, 5.74) is 0. The lowest BCUT2D eigenvalue weighted by Crippen LogP contribution is -2.60. The maximum atomic E-state index is 12.8. The molecule has 0 saturated carbocycles. The summed E-state index contributed by atoms with van der Waals surface area (Å²) in [6.07, 6.45) is 28.1. The summed E-state index contributed by atoms with van der Waals surface area (Å²) in [4.78, 5) is 12.8. The molecule has 1 aliphatic rings. The van der Waals surface area contributed by atoms with Crippen LogP contribution in [0.25, 0.3) is 0 Å². The van der Waals surface area contributed by atoms with Crippen LogP contribution in [0.2, 0.25) is 0 Å². The third kappa shape index (κ3) is 25.4. The van der Waals surface area contributed by atoms with Crippen LogP contribution < -0.4 is 5.32 Å². The summed E-state index contributed by atoms with van der Waals surface area (Å²) in [7, 11) is 0. The highest BCUT2D eigenvalue weighted by atomic mass is 16.7. The van der Waals surface area contributed by atoms with Crippen molar-refractivity contribution >= 4 is 5.91 Å². The molecule has 1 saturated heterocycles. The number of carbonyl (C=O) groups excluding carboxylic acids is 1. The van der Waals surface area contributed by atoms with E-state index in [4.69, 9.17) is 9.47 Å². The van der Waals surface area contributed by atoms with Crippen LogP contribution in [0.15, 0.2) is 0 Å². The van der Waals surface area contributed by atoms with E-state index in [0.29, 0.717) is 6.42 Å². The second-order valence-electron chi connectivity index (χ2n) is 16.3. The first-order valence-electron chi connectivity index (χ1n) is 22.8. The summed E-state index contributed by atoms with van der Waals surface area (Å²) in [6, 6.07) is -0.981. The molecule has 322 valence electrons. The first-order chi connectivity index (χ1) is 26.3. The number of amides is 1. The van der Waals surface area contributed by atoms with Gasteiger partial charge in [0, 0.05) is 6.42 Å². The van der Waals surface area contributed by atoms with Crippen molar-refractivity contribution in [2.24, 2.45) is 0 Å². The number of aliphatic hydroxyl groups excluding tert-OH is 6. The Balaban J connectivity index is 2.09. The lowest BCUT2D eigenvalue weighted by Gasteiger charge is -2.40. The Kier molecular flexibility index (Phi) is 33.5. The van der Waals surface area contributed by atoms with Crippen molar-refractivity contribution in [3.05, 3.63) is 0 Å². The minimum Gasteiger partial charge on any atom is -0.394 e. The molecular weight excluding hydrogens is 686 g/mol. The molecule has 0 aromatic rings. The van der Waals surface area contributed by atoms with Crippen molar-refractivity contribution in [3.8, 4) is 0 Å². The largest absolute Gasteiger partial charge is 0.394 e. The molecule has 1 fully saturated rings. The molecule has 1 aliphatic heterocycles. The molecule has 0 aromatic heterocycles. The molecule has 1 amide bonds. The third-order valence-electron chi connectivity index (χ3n) is 11.3. The van der Waals surface area contributed by atoms with Gasteiger partial charge in [-0.3, -0.25) is 4.79 Å². The second-order valence-corrected chi connectivity index (χ2v) is 16.3. The minimum atomic E-state index is -1.60. The van der Waals surface area contributed by atoms with Gasteiger partial charge in [-0.1, -0.05) is 194 Å². The summed E-state index contributed by atoms with van der Waals surface area (Å²) >= 11 is 0. The molecule has 7 N–H and O–H groups in total. The zero-order valence-electron chi connectivity index (χ0n) is 34.9. The first kappa shape index (κ1) is 51.2. The molecule has 8 atom stereocenters. The van der Waals surface area contributed by atoms with E-state index in [-0.39, 0.29) is 18.9 Å². The van der Waals surface area contributed by atoms with Crippen LogP contribution in [0.4, 0.5) is 0 Å². The number of rotatable bonds is 38. The van der Waals surface area contributed by atoms with Crippen molar-refractivity contribution < 1.29 is 44.9 Å². The fourth-order valence-electron chi connectivity index (χ4n) is 7.55. The van der Waals surface area contributed by atoms with Gasteiger partial charge in [0.1, 0.15) is 30.5 Å². The normalized spacial score (nSPS) is 22.0. The van der Waals surface area contributed by atoms with E-state index < -0.39 is 55.6 Å². The highest BCUT2D eigenvalue weighted by molar-refractivity contribution is 5.76. The lowest BCUT2D eigenvalue weighted by molar-refractivity contribution is -0.303. The van der Waals surface area contributed by atoms with E-state index >= 15 is 0 Å². The van der Waals surface area contributed by atoms with Crippen molar-refractivity contribution in [2.45, 2.75) is 262 Å². The first-order valence-corrected chi connectivity index (χ1v) is 22.8. The van der Waals surface area contributed by atoms with Gasteiger partial charge in [-0.25, -0.2) is 0 Å². The topological polar surface area (TPSA) is 169 Å². The van der Waals surface area contributed by atoms with Crippen molar-refractivity contribution in [3.63, 3.8) is 0 Å². The summed E-state index contributed by atoms with van der Waals surface area (Å²) < 4.78 is 11.0. The Morgan fingerprint density at radius 2 is 0.963 bits per heavy atom. The van der Waals surface area contributed by atoms with Crippen LogP contribution in [-0.2, 0) is 14.3 Å². The van der Waals surface area contributed by atoms with E-state index in [1.807, 2.05) is 6.92 Å². The van der Waals surface area contributed by atoms with Gasteiger partial charge in [-0.2, -0.15) is 0 Å². The van der Waals surface area contributed by atoms with Crippen LogP contribution >= 0.6 is 0 Å². The fraction of sp³-hybridized carbons (Fsp3) is 0.977. The van der Waals surface area contributed by atoms with E-state index in [1.165, 1.54) is 148 Å². The van der Waals surface area contributed by atoms with Gasteiger partial charge in [0.25, 0.3) is 0 Å². The van der Waals surface area contributed by atoms with Gasteiger partial charge in [0.15, 0.2) is 6.29 Å². The Morgan fingerprint density at radius 1 is 0.574 bits per heavy atom. The minimum absolute atomic E-state index is 0.262. The molecule has 1 rings (SSSR count).